The summed E-state index contributed by atoms with van der Waals surface area (Å²) in [5.41, 5.74) is 2.45. The van der Waals surface area contributed by atoms with Gasteiger partial charge in [-0.1, -0.05) is 6.07 Å². The zero-order valence-corrected chi connectivity index (χ0v) is 11.6. The van der Waals surface area contributed by atoms with E-state index in [1.165, 1.54) is 18.2 Å². The number of benzene rings is 2. The fraction of sp³-hybridized carbons (Fsp3) is 0.133. The molecule has 0 aliphatic rings. The third-order valence-electron chi connectivity index (χ3n) is 2.95. The molecule has 2 N–H and O–H groups in total. The van der Waals surface area contributed by atoms with Crippen LogP contribution >= 0.6 is 0 Å². The zero-order valence-electron chi connectivity index (χ0n) is 11.6. The Morgan fingerprint density at radius 3 is 2.48 bits per heavy atom. The number of anilines is 2. The molecule has 0 saturated heterocycles. The smallest absolute Gasteiger partial charge is 0.335 e. The minimum absolute atomic E-state index is 0.0478. The Hall–Kier alpha value is -2.89. The lowest BCUT2D eigenvalue weighted by atomic mass is 10.1. The Balaban J connectivity index is 2.43. The number of aryl methyl sites for hydroxylation is 2. The van der Waals surface area contributed by atoms with Crippen molar-refractivity contribution in [1.29, 1.82) is 0 Å². The second-order valence-electron chi connectivity index (χ2n) is 4.80. The third-order valence-corrected chi connectivity index (χ3v) is 2.95. The quantitative estimate of drug-likeness (QED) is 0.661. The van der Waals surface area contributed by atoms with Crippen molar-refractivity contribution in [3.8, 4) is 0 Å². The normalized spacial score (nSPS) is 10.2. The Bertz CT molecular complexity index is 726. The summed E-state index contributed by atoms with van der Waals surface area (Å²) in [4.78, 5) is 21.7. The molecule has 0 bridgehead atoms. The molecule has 2 aromatic rings. The first kappa shape index (κ1) is 14.5. The van der Waals surface area contributed by atoms with Crippen LogP contribution in [0.1, 0.15) is 21.5 Å². The van der Waals surface area contributed by atoms with E-state index in [0.717, 1.165) is 11.1 Å². The van der Waals surface area contributed by atoms with Crippen molar-refractivity contribution in [2.45, 2.75) is 13.8 Å². The lowest BCUT2D eigenvalue weighted by Gasteiger charge is -2.09. The fourth-order valence-corrected chi connectivity index (χ4v) is 2.03. The van der Waals surface area contributed by atoms with Crippen LogP contribution in [0.15, 0.2) is 36.4 Å². The maximum Gasteiger partial charge on any atom is 0.335 e. The molecule has 0 aliphatic carbocycles. The number of nitrogens with one attached hydrogen (secondary N) is 1. The zero-order chi connectivity index (χ0) is 15.6. The molecule has 0 aliphatic heterocycles. The second-order valence-corrected chi connectivity index (χ2v) is 4.80. The second kappa shape index (κ2) is 5.62. The Morgan fingerprint density at radius 2 is 1.86 bits per heavy atom. The van der Waals surface area contributed by atoms with Crippen LogP contribution in [0.4, 0.5) is 17.1 Å². The molecule has 0 heterocycles. The van der Waals surface area contributed by atoms with Gasteiger partial charge in [-0.15, -0.1) is 0 Å². The molecular weight excluding hydrogens is 272 g/mol. The van der Waals surface area contributed by atoms with E-state index >= 15 is 0 Å². The summed E-state index contributed by atoms with van der Waals surface area (Å²) < 4.78 is 0. The summed E-state index contributed by atoms with van der Waals surface area (Å²) in [6.45, 7) is 3.53. The minimum Gasteiger partial charge on any atom is -0.478 e. The first-order chi connectivity index (χ1) is 9.86. The molecule has 6 heteroatoms. The van der Waals surface area contributed by atoms with Crippen LogP contribution in [0.2, 0.25) is 0 Å². The predicted octanol–water partition coefficient (Wildman–Crippen LogP) is 3.65. The molecule has 0 aromatic heterocycles. The first-order valence-corrected chi connectivity index (χ1v) is 6.24. The maximum absolute atomic E-state index is 11.1. The topological polar surface area (TPSA) is 92.5 Å². The van der Waals surface area contributed by atoms with Crippen molar-refractivity contribution in [3.63, 3.8) is 0 Å². The van der Waals surface area contributed by atoms with Gasteiger partial charge < -0.3 is 10.4 Å². The van der Waals surface area contributed by atoms with Gasteiger partial charge in [0, 0.05) is 11.8 Å². The molecule has 6 nitrogen and oxygen atoms in total. The van der Waals surface area contributed by atoms with Crippen molar-refractivity contribution in [1.82, 2.24) is 0 Å². The van der Waals surface area contributed by atoms with E-state index in [9.17, 15) is 14.9 Å². The minimum atomic E-state index is -1.04. The highest BCUT2D eigenvalue weighted by atomic mass is 16.6. The summed E-state index contributed by atoms with van der Waals surface area (Å²) in [7, 11) is 0. The summed E-state index contributed by atoms with van der Waals surface area (Å²) >= 11 is 0. The standard InChI is InChI=1S/C15H14N2O4/c1-9-3-4-13(14(7-9)17(20)21)16-12-6-10(2)5-11(8-12)15(18)19/h3-8,16H,1-2H3,(H,18,19). The molecule has 0 atom stereocenters. The first-order valence-electron chi connectivity index (χ1n) is 6.24. The molecule has 0 saturated carbocycles. The number of nitrogens with zero attached hydrogens (tertiary/aromatic N) is 1. The van der Waals surface area contributed by atoms with Crippen molar-refractivity contribution < 1.29 is 14.8 Å². The molecule has 21 heavy (non-hydrogen) atoms. The highest BCUT2D eigenvalue weighted by molar-refractivity contribution is 5.89. The van der Waals surface area contributed by atoms with Crippen molar-refractivity contribution in [2.75, 3.05) is 5.32 Å². The van der Waals surface area contributed by atoms with Gasteiger partial charge in [0.25, 0.3) is 5.69 Å². The van der Waals surface area contributed by atoms with Crippen LogP contribution in [-0.2, 0) is 0 Å². The van der Waals surface area contributed by atoms with Crippen LogP contribution in [0.25, 0.3) is 0 Å². The largest absolute Gasteiger partial charge is 0.478 e. The van der Waals surface area contributed by atoms with Gasteiger partial charge in [-0.25, -0.2) is 4.79 Å². The molecule has 0 radical (unpaired) electrons. The lowest BCUT2D eigenvalue weighted by molar-refractivity contribution is -0.384. The number of carboxylic acids is 1. The Kier molecular flexibility index (Phi) is 3.89. The highest BCUT2D eigenvalue weighted by Gasteiger charge is 2.14. The SMILES string of the molecule is Cc1cc(Nc2ccc(C)cc2[N+](=O)[O-])cc(C(=O)O)c1. The number of rotatable bonds is 4. The number of hydrogen-bond donors (Lipinski definition) is 2. The lowest BCUT2D eigenvalue weighted by Crippen LogP contribution is -2.01. The van der Waals surface area contributed by atoms with E-state index in [1.54, 1.807) is 32.0 Å². The summed E-state index contributed by atoms with van der Waals surface area (Å²) in [5.74, 6) is -1.04. The fourth-order valence-electron chi connectivity index (χ4n) is 2.03. The van der Waals surface area contributed by atoms with Crippen LogP contribution in [0.3, 0.4) is 0 Å². The molecular formula is C15H14N2O4. The van der Waals surface area contributed by atoms with E-state index in [0.29, 0.717) is 11.4 Å². The molecule has 0 spiro atoms. The van der Waals surface area contributed by atoms with Crippen LogP contribution < -0.4 is 5.32 Å². The van der Waals surface area contributed by atoms with Gasteiger partial charge >= 0.3 is 5.97 Å². The van der Waals surface area contributed by atoms with Gasteiger partial charge in [0.05, 0.1) is 10.5 Å². The van der Waals surface area contributed by atoms with E-state index in [-0.39, 0.29) is 11.3 Å². The monoisotopic (exact) mass is 286 g/mol. The average molecular weight is 286 g/mol. The van der Waals surface area contributed by atoms with Crippen molar-refractivity contribution in [3.05, 3.63) is 63.2 Å². The van der Waals surface area contributed by atoms with Crippen LogP contribution in [0, 0.1) is 24.0 Å². The molecule has 2 rings (SSSR count). The predicted molar refractivity (Wildman–Crippen MR) is 79.3 cm³/mol. The van der Waals surface area contributed by atoms with Crippen LogP contribution in [-0.4, -0.2) is 16.0 Å². The third kappa shape index (κ3) is 3.36. The van der Waals surface area contributed by atoms with Gasteiger partial charge in [0.15, 0.2) is 0 Å². The average Bonchev–Trinajstić information content (AvgIpc) is 2.40. The van der Waals surface area contributed by atoms with Gasteiger partial charge in [0.1, 0.15) is 5.69 Å². The summed E-state index contributed by atoms with van der Waals surface area (Å²) in [6.07, 6.45) is 0. The number of hydrogen-bond acceptors (Lipinski definition) is 4. The molecule has 0 fully saturated rings. The molecule has 2 aromatic carbocycles. The Labute approximate surface area is 121 Å². The number of nitro groups is 1. The van der Waals surface area contributed by atoms with Crippen molar-refractivity contribution in [2.24, 2.45) is 0 Å². The number of carboxylic acid groups (broad SMARTS) is 1. The van der Waals surface area contributed by atoms with E-state index < -0.39 is 10.9 Å². The Morgan fingerprint density at radius 1 is 1.14 bits per heavy atom. The summed E-state index contributed by atoms with van der Waals surface area (Å²) in [6, 6.07) is 9.54. The van der Waals surface area contributed by atoms with E-state index in [4.69, 9.17) is 5.11 Å². The van der Waals surface area contributed by atoms with E-state index in [1.807, 2.05) is 0 Å². The van der Waals surface area contributed by atoms with E-state index in [2.05, 4.69) is 5.32 Å². The molecule has 0 unspecified atom stereocenters. The van der Waals surface area contributed by atoms with Gasteiger partial charge in [-0.2, -0.15) is 0 Å². The van der Waals surface area contributed by atoms with Crippen LogP contribution in [0.5, 0.6) is 0 Å². The molecule has 108 valence electrons. The number of aromatic carboxylic acids is 1. The maximum atomic E-state index is 11.1. The highest BCUT2D eigenvalue weighted by Crippen LogP contribution is 2.29. The number of carbonyl (C=O) groups is 1. The van der Waals surface area contributed by atoms with Gasteiger partial charge in [0.2, 0.25) is 0 Å². The summed E-state index contributed by atoms with van der Waals surface area (Å²) in [5, 5.41) is 23.0. The number of nitro benzene ring substituents is 1. The molecule has 0 amide bonds. The van der Waals surface area contributed by atoms with Gasteiger partial charge in [-0.3, -0.25) is 10.1 Å². The van der Waals surface area contributed by atoms with Crippen molar-refractivity contribution >= 4 is 23.0 Å². The van der Waals surface area contributed by atoms with Gasteiger partial charge in [-0.05, 0) is 49.2 Å².